The molecule has 2 unspecified atom stereocenters. The van der Waals surface area contributed by atoms with E-state index in [0.29, 0.717) is 18.2 Å². The third-order valence-electron chi connectivity index (χ3n) is 3.46. The fourth-order valence-corrected chi connectivity index (χ4v) is 2.29. The Morgan fingerprint density at radius 2 is 2.35 bits per heavy atom. The second-order valence-electron chi connectivity index (χ2n) is 4.70. The Hall–Kier alpha value is -1.42. The van der Waals surface area contributed by atoms with E-state index in [1.165, 1.54) is 0 Å². The Bertz CT molecular complexity index is 380. The number of carbonyl (C=O) groups excluding carboxylic acids is 1. The molecule has 0 spiro atoms. The molecule has 2 atom stereocenters. The van der Waals surface area contributed by atoms with Gasteiger partial charge < -0.3 is 10.6 Å². The third-order valence-corrected chi connectivity index (χ3v) is 3.46. The topological polar surface area (TPSA) is 59.2 Å². The molecule has 1 saturated heterocycles. The molecule has 0 bridgehead atoms. The SMILES string of the molecule is CC1CCC(CN)CN1C(=O)c1ccccn1. The fraction of sp³-hybridized carbons (Fsp3) is 0.538. The summed E-state index contributed by atoms with van der Waals surface area (Å²) in [5, 5.41) is 0. The molecule has 0 radical (unpaired) electrons. The minimum atomic E-state index is 0.0243. The van der Waals surface area contributed by atoms with E-state index in [-0.39, 0.29) is 11.9 Å². The number of hydrogen-bond donors (Lipinski definition) is 1. The van der Waals surface area contributed by atoms with Gasteiger partial charge in [-0.15, -0.1) is 0 Å². The molecule has 92 valence electrons. The Morgan fingerprint density at radius 1 is 1.53 bits per heavy atom. The third kappa shape index (κ3) is 2.64. The van der Waals surface area contributed by atoms with Crippen LogP contribution < -0.4 is 5.73 Å². The lowest BCUT2D eigenvalue weighted by Gasteiger charge is -2.37. The van der Waals surface area contributed by atoms with Crippen molar-refractivity contribution >= 4 is 5.91 Å². The van der Waals surface area contributed by atoms with Gasteiger partial charge in [0.2, 0.25) is 0 Å². The standard InChI is InChI=1S/C13H19N3O/c1-10-5-6-11(8-14)9-16(10)13(17)12-4-2-3-7-15-12/h2-4,7,10-11H,5-6,8-9,14H2,1H3. The Labute approximate surface area is 102 Å². The monoisotopic (exact) mass is 233 g/mol. The van der Waals surface area contributed by atoms with Crippen molar-refractivity contribution in [1.82, 2.24) is 9.88 Å². The quantitative estimate of drug-likeness (QED) is 0.837. The minimum absolute atomic E-state index is 0.0243. The van der Waals surface area contributed by atoms with E-state index in [0.717, 1.165) is 19.4 Å². The number of hydrogen-bond acceptors (Lipinski definition) is 3. The molecule has 1 fully saturated rings. The summed E-state index contributed by atoms with van der Waals surface area (Å²) in [7, 11) is 0. The molecule has 1 amide bonds. The lowest BCUT2D eigenvalue weighted by atomic mass is 9.93. The van der Waals surface area contributed by atoms with E-state index in [9.17, 15) is 4.79 Å². The summed E-state index contributed by atoms with van der Waals surface area (Å²) in [6, 6.07) is 5.71. The molecule has 0 aromatic carbocycles. The van der Waals surface area contributed by atoms with Crippen molar-refractivity contribution in [2.75, 3.05) is 13.1 Å². The molecule has 1 aliphatic rings. The highest BCUT2D eigenvalue weighted by Crippen LogP contribution is 2.22. The summed E-state index contributed by atoms with van der Waals surface area (Å²) in [6.07, 6.45) is 3.80. The van der Waals surface area contributed by atoms with E-state index in [1.54, 1.807) is 12.3 Å². The van der Waals surface area contributed by atoms with Gasteiger partial charge in [0.25, 0.3) is 5.91 Å². The normalized spacial score (nSPS) is 24.7. The van der Waals surface area contributed by atoms with Gasteiger partial charge in [-0.05, 0) is 44.4 Å². The van der Waals surface area contributed by atoms with Crippen molar-refractivity contribution in [2.45, 2.75) is 25.8 Å². The molecular formula is C13H19N3O. The first-order valence-electron chi connectivity index (χ1n) is 6.14. The molecule has 4 heteroatoms. The van der Waals surface area contributed by atoms with Crippen molar-refractivity contribution in [1.29, 1.82) is 0 Å². The van der Waals surface area contributed by atoms with E-state index in [1.807, 2.05) is 17.0 Å². The van der Waals surface area contributed by atoms with Crippen LogP contribution in [-0.2, 0) is 0 Å². The summed E-state index contributed by atoms with van der Waals surface area (Å²) >= 11 is 0. The Kier molecular flexibility index (Phi) is 3.74. The van der Waals surface area contributed by atoms with E-state index >= 15 is 0 Å². The van der Waals surface area contributed by atoms with E-state index in [2.05, 4.69) is 11.9 Å². The largest absolute Gasteiger partial charge is 0.334 e. The molecule has 2 N–H and O–H groups in total. The van der Waals surface area contributed by atoms with Crippen LogP contribution in [0.2, 0.25) is 0 Å². The van der Waals surface area contributed by atoms with Gasteiger partial charge in [0.1, 0.15) is 5.69 Å². The van der Waals surface area contributed by atoms with Crippen molar-refractivity contribution in [3.05, 3.63) is 30.1 Å². The lowest BCUT2D eigenvalue weighted by Crippen LogP contribution is -2.47. The Morgan fingerprint density at radius 3 is 3.00 bits per heavy atom. The highest BCUT2D eigenvalue weighted by Gasteiger charge is 2.29. The zero-order chi connectivity index (χ0) is 12.3. The fourth-order valence-electron chi connectivity index (χ4n) is 2.29. The number of nitrogens with two attached hydrogens (primary N) is 1. The van der Waals surface area contributed by atoms with Gasteiger partial charge >= 0.3 is 0 Å². The first kappa shape index (κ1) is 12.0. The summed E-state index contributed by atoms with van der Waals surface area (Å²) in [5.41, 5.74) is 6.22. The van der Waals surface area contributed by atoms with Crippen LogP contribution in [-0.4, -0.2) is 34.9 Å². The molecule has 0 aliphatic carbocycles. The maximum atomic E-state index is 12.3. The smallest absolute Gasteiger partial charge is 0.272 e. The minimum Gasteiger partial charge on any atom is -0.334 e. The van der Waals surface area contributed by atoms with Gasteiger partial charge in [-0.1, -0.05) is 6.07 Å². The number of likely N-dealkylation sites (tertiary alicyclic amines) is 1. The maximum Gasteiger partial charge on any atom is 0.272 e. The number of rotatable bonds is 2. The number of amides is 1. The summed E-state index contributed by atoms with van der Waals surface area (Å²) < 4.78 is 0. The molecule has 17 heavy (non-hydrogen) atoms. The van der Waals surface area contributed by atoms with Gasteiger partial charge in [0, 0.05) is 18.8 Å². The first-order valence-corrected chi connectivity index (χ1v) is 6.14. The number of carbonyl (C=O) groups is 1. The molecule has 1 aromatic heterocycles. The van der Waals surface area contributed by atoms with Crippen LogP contribution in [0.1, 0.15) is 30.3 Å². The zero-order valence-corrected chi connectivity index (χ0v) is 10.2. The lowest BCUT2D eigenvalue weighted by molar-refractivity contribution is 0.0561. The van der Waals surface area contributed by atoms with Crippen LogP contribution in [0.5, 0.6) is 0 Å². The number of aromatic nitrogens is 1. The summed E-state index contributed by atoms with van der Waals surface area (Å²) in [5.74, 6) is 0.454. The van der Waals surface area contributed by atoms with Gasteiger partial charge in [-0.3, -0.25) is 9.78 Å². The molecular weight excluding hydrogens is 214 g/mol. The van der Waals surface area contributed by atoms with E-state index < -0.39 is 0 Å². The second-order valence-corrected chi connectivity index (χ2v) is 4.70. The number of piperidine rings is 1. The van der Waals surface area contributed by atoms with Crippen molar-refractivity contribution in [3.8, 4) is 0 Å². The number of nitrogens with zero attached hydrogens (tertiary/aromatic N) is 2. The van der Waals surface area contributed by atoms with E-state index in [4.69, 9.17) is 5.73 Å². The molecule has 4 nitrogen and oxygen atoms in total. The van der Waals surface area contributed by atoms with Gasteiger partial charge in [-0.25, -0.2) is 0 Å². The average Bonchev–Trinajstić information content (AvgIpc) is 2.39. The van der Waals surface area contributed by atoms with Crippen LogP contribution in [0.3, 0.4) is 0 Å². The number of pyridine rings is 1. The zero-order valence-electron chi connectivity index (χ0n) is 10.2. The first-order chi connectivity index (χ1) is 8.22. The van der Waals surface area contributed by atoms with Crippen LogP contribution in [0.15, 0.2) is 24.4 Å². The average molecular weight is 233 g/mol. The van der Waals surface area contributed by atoms with Crippen LogP contribution in [0.4, 0.5) is 0 Å². The molecule has 1 aromatic rings. The molecule has 2 rings (SSSR count). The van der Waals surface area contributed by atoms with Crippen LogP contribution >= 0.6 is 0 Å². The molecule has 0 saturated carbocycles. The van der Waals surface area contributed by atoms with Crippen LogP contribution in [0.25, 0.3) is 0 Å². The predicted molar refractivity (Wildman–Crippen MR) is 66.5 cm³/mol. The highest BCUT2D eigenvalue weighted by molar-refractivity contribution is 5.92. The highest BCUT2D eigenvalue weighted by atomic mass is 16.2. The molecule has 1 aliphatic heterocycles. The van der Waals surface area contributed by atoms with Crippen molar-refractivity contribution in [3.63, 3.8) is 0 Å². The van der Waals surface area contributed by atoms with Crippen molar-refractivity contribution < 1.29 is 4.79 Å². The summed E-state index contributed by atoms with van der Waals surface area (Å²) in [4.78, 5) is 18.3. The predicted octanol–water partition coefficient (Wildman–Crippen LogP) is 1.28. The van der Waals surface area contributed by atoms with Crippen molar-refractivity contribution in [2.24, 2.45) is 11.7 Å². The molecule has 2 heterocycles. The summed E-state index contributed by atoms with van der Waals surface area (Å²) in [6.45, 7) is 3.50. The van der Waals surface area contributed by atoms with Gasteiger partial charge in [0.15, 0.2) is 0 Å². The van der Waals surface area contributed by atoms with Crippen LogP contribution in [0, 0.1) is 5.92 Å². The second kappa shape index (κ2) is 5.27. The van der Waals surface area contributed by atoms with Gasteiger partial charge in [-0.2, -0.15) is 0 Å². The maximum absolute atomic E-state index is 12.3. The Balaban J connectivity index is 2.12. The van der Waals surface area contributed by atoms with Gasteiger partial charge in [0.05, 0.1) is 0 Å².